The summed E-state index contributed by atoms with van der Waals surface area (Å²) in [6.45, 7) is 0.201. The Labute approximate surface area is 169 Å². The SMILES string of the molecule is CCCCCCCCC(O)COC1=C(OC(=O)C(O)CO)C(=O)O[C@@H]1[C@@H](O)CO. The van der Waals surface area contributed by atoms with Gasteiger partial charge in [0.1, 0.15) is 12.7 Å². The molecule has 0 bridgehead atoms. The number of carbonyl (C=O) groups is 2. The highest BCUT2D eigenvalue weighted by Gasteiger charge is 2.43. The van der Waals surface area contributed by atoms with Crippen LogP contribution in [0.5, 0.6) is 0 Å². The van der Waals surface area contributed by atoms with Crippen LogP contribution in [0.4, 0.5) is 0 Å². The summed E-state index contributed by atoms with van der Waals surface area (Å²) in [4.78, 5) is 23.6. The molecule has 0 aromatic heterocycles. The summed E-state index contributed by atoms with van der Waals surface area (Å²) >= 11 is 0. The number of unbranched alkanes of at least 4 members (excludes halogenated alkanes) is 5. The second kappa shape index (κ2) is 13.5. The van der Waals surface area contributed by atoms with Gasteiger partial charge in [0, 0.05) is 0 Å². The van der Waals surface area contributed by atoms with Gasteiger partial charge in [-0.25, -0.2) is 9.59 Å². The van der Waals surface area contributed by atoms with Crippen molar-refractivity contribution in [1.82, 2.24) is 0 Å². The van der Waals surface area contributed by atoms with Gasteiger partial charge in [-0.1, -0.05) is 45.4 Å². The zero-order chi connectivity index (χ0) is 21.8. The molecule has 168 valence electrons. The standard InChI is InChI=1S/C19H32O10/c1-2-3-4-5-6-7-8-12(22)11-27-16-15(13(23)9-20)28-19(26)17(16)29-18(25)14(24)10-21/h12-15,20-24H,2-11H2,1H3/t12?,13-,14?,15+/m0/s1. The number of aliphatic hydroxyl groups excluding tert-OH is 5. The Kier molecular flexibility index (Phi) is 11.8. The highest BCUT2D eigenvalue weighted by atomic mass is 16.6. The van der Waals surface area contributed by atoms with Crippen molar-refractivity contribution in [3.63, 3.8) is 0 Å². The highest BCUT2D eigenvalue weighted by molar-refractivity contribution is 5.93. The Morgan fingerprint density at radius 1 is 1.07 bits per heavy atom. The molecule has 29 heavy (non-hydrogen) atoms. The van der Waals surface area contributed by atoms with E-state index >= 15 is 0 Å². The molecule has 5 N–H and O–H groups in total. The number of aliphatic hydroxyl groups is 5. The lowest BCUT2D eigenvalue weighted by Gasteiger charge is -2.20. The Morgan fingerprint density at radius 2 is 1.72 bits per heavy atom. The van der Waals surface area contributed by atoms with Gasteiger partial charge < -0.3 is 39.7 Å². The summed E-state index contributed by atoms with van der Waals surface area (Å²) in [5, 5.41) is 47.1. The minimum absolute atomic E-state index is 0.251. The Balaban J connectivity index is 2.70. The number of hydrogen-bond acceptors (Lipinski definition) is 10. The van der Waals surface area contributed by atoms with Gasteiger partial charge in [0.2, 0.25) is 0 Å². The fraction of sp³-hybridized carbons (Fsp3) is 0.789. The Bertz CT molecular complexity index is 547. The van der Waals surface area contributed by atoms with Crippen LogP contribution in [0.1, 0.15) is 51.9 Å². The van der Waals surface area contributed by atoms with E-state index in [-0.39, 0.29) is 12.4 Å². The van der Waals surface area contributed by atoms with Gasteiger partial charge in [0.25, 0.3) is 5.76 Å². The summed E-state index contributed by atoms with van der Waals surface area (Å²) in [5.74, 6) is -3.52. The van der Waals surface area contributed by atoms with Crippen LogP contribution in [0.25, 0.3) is 0 Å². The van der Waals surface area contributed by atoms with E-state index in [2.05, 4.69) is 6.92 Å². The monoisotopic (exact) mass is 420 g/mol. The topological polar surface area (TPSA) is 163 Å². The molecule has 0 saturated carbocycles. The molecule has 10 heteroatoms. The number of rotatable bonds is 15. The predicted octanol–water partition coefficient (Wildman–Crippen LogP) is -0.499. The molecular weight excluding hydrogens is 388 g/mol. The number of carbonyl (C=O) groups excluding carboxylic acids is 2. The molecule has 1 heterocycles. The summed E-state index contributed by atoms with van der Waals surface area (Å²) < 4.78 is 15.0. The first-order valence-electron chi connectivity index (χ1n) is 9.91. The molecule has 4 atom stereocenters. The van der Waals surface area contributed by atoms with Crippen molar-refractivity contribution in [2.45, 2.75) is 76.3 Å². The normalized spacial score (nSPS) is 19.7. The Hall–Kier alpha value is -1.72. The maximum absolute atomic E-state index is 12.0. The molecule has 1 aliphatic rings. The maximum Gasteiger partial charge on any atom is 0.378 e. The van der Waals surface area contributed by atoms with Crippen molar-refractivity contribution in [2.75, 3.05) is 19.8 Å². The fourth-order valence-electron chi connectivity index (χ4n) is 2.71. The minimum atomic E-state index is -1.88. The Morgan fingerprint density at radius 3 is 2.34 bits per heavy atom. The summed E-state index contributed by atoms with van der Waals surface area (Å²) in [6, 6.07) is 0. The molecule has 0 spiro atoms. The summed E-state index contributed by atoms with van der Waals surface area (Å²) in [6.07, 6.45) is 1.05. The molecule has 2 unspecified atom stereocenters. The van der Waals surface area contributed by atoms with Gasteiger partial charge in [0.15, 0.2) is 18.0 Å². The van der Waals surface area contributed by atoms with Crippen LogP contribution < -0.4 is 0 Å². The van der Waals surface area contributed by atoms with Crippen molar-refractivity contribution in [1.29, 1.82) is 0 Å². The van der Waals surface area contributed by atoms with E-state index in [0.29, 0.717) is 6.42 Å². The lowest BCUT2D eigenvalue weighted by molar-refractivity contribution is -0.158. The number of hydrogen-bond donors (Lipinski definition) is 5. The quantitative estimate of drug-likeness (QED) is 0.172. The number of cyclic esters (lactones) is 1. The molecule has 1 rings (SSSR count). The molecule has 0 aromatic carbocycles. The van der Waals surface area contributed by atoms with Gasteiger partial charge in [-0.2, -0.15) is 0 Å². The first-order chi connectivity index (χ1) is 13.8. The highest BCUT2D eigenvalue weighted by Crippen LogP contribution is 2.28. The average Bonchev–Trinajstić information content (AvgIpc) is 3.02. The van der Waals surface area contributed by atoms with Crippen molar-refractivity contribution < 1.29 is 49.3 Å². The molecule has 0 aromatic rings. The smallest absolute Gasteiger partial charge is 0.378 e. The van der Waals surface area contributed by atoms with Crippen LogP contribution in [0.2, 0.25) is 0 Å². The zero-order valence-electron chi connectivity index (χ0n) is 16.7. The molecule has 0 radical (unpaired) electrons. The van der Waals surface area contributed by atoms with E-state index in [4.69, 9.17) is 24.4 Å². The minimum Gasteiger partial charge on any atom is -0.487 e. The maximum atomic E-state index is 12.0. The largest absolute Gasteiger partial charge is 0.487 e. The fourth-order valence-corrected chi connectivity index (χ4v) is 2.71. The van der Waals surface area contributed by atoms with Crippen LogP contribution in [0.3, 0.4) is 0 Å². The molecule has 1 aliphatic heterocycles. The van der Waals surface area contributed by atoms with Crippen LogP contribution in [-0.4, -0.2) is 81.7 Å². The summed E-state index contributed by atoms with van der Waals surface area (Å²) in [7, 11) is 0. The van der Waals surface area contributed by atoms with E-state index in [9.17, 15) is 24.9 Å². The third kappa shape index (κ3) is 8.27. The van der Waals surface area contributed by atoms with Crippen LogP contribution in [-0.2, 0) is 23.8 Å². The number of ether oxygens (including phenoxy) is 3. The average molecular weight is 420 g/mol. The second-order valence-electron chi connectivity index (χ2n) is 6.91. The van der Waals surface area contributed by atoms with Crippen molar-refractivity contribution >= 4 is 11.9 Å². The summed E-state index contributed by atoms with van der Waals surface area (Å²) in [5.41, 5.74) is 0. The molecule has 0 amide bonds. The first kappa shape index (κ1) is 25.3. The van der Waals surface area contributed by atoms with Gasteiger partial charge in [0.05, 0.1) is 19.3 Å². The van der Waals surface area contributed by atoms with Crippen molar-refractivity contribution in [3.8, 4) is 0 Å². The van der Waals surface area contributed by atoms with Crippen LogP contribution >= 0.6 is 0 Å². The zero-order valence-corrected chi connectivity index (χ0v) is 16.7. The molecular formula is C19H32O10. The van der Waals surface area contributed by atoms with E-state index in [1.54, 1.807) is 0 Å². The van der Waals surface area contributed by atoms with Crippen molar-refractivity contribution in [3.05, 3.63) is 11.5 Å². The van der Waals surface area contributed by atoms with Crippen molar-refractivity contribution in [2.24, 2.45) is 0 Å². The van der Waals surface area contributed by atoms with Crippen LogP contribution in [0.15, 0.2) is 11.5 Å². The van der Waals surface area contributed by atoms with Gasteiger partial charge in [-0.3, -0.25) is 0 Å². The lowest BCUT2D eigenvalue weighted by Crippen LogP contribution is -2.33. The van der Waals surface area contributed by atoms with E-state index in [1.807, 2.05) is 0 Å². The predicted molar refractivity (Wildman–Crippen MR) is 99.1 cm³/mol. The van der Waals surface area contributed by atoms with E-state index in [1.165, 1.54) is 6.42 Å². The third-order valence-electron chi connectivity index (χ3n) is 4.41. The van der Waals surface area contributed by atoms with Crippen LogP contribution in [0, 0.1) is 0 Å². The molecule has 10 nitrogen and oxygen atoms in total. The molecule has 0 fully saturated rings. The lowest BCUT2D eigenvalue weighted by atomic mass is 10.1. The van der Waals surface area contributed by atoms with E-state index < -0.39 is 55.3 Å². The van der Waals surface area contributed by atoms with Gasteiger partial charge in [-0.05, 0) is 6.42 Å². The number of esters is 2. The molecule has 0 aliphatic carbocycles. The van der Waals surface area contributed by atoms with Gasteiger partial charge in [-0.15, -0.1) is 0 Å². The van der Waals surface area contributed by atoms with E-state index in [0.717, 1.165) is 32.1 Å². The third-order valence-corrected chi connectivity index (χ3v) is 4.41. The van der Waals surface area contributed by atoms with Gasteiger partial charge >= 0.3 is 11.9 Å². The second-order valence-corrected chi connectivity index (χ2v) is 6.91. The molecule has 0 saturated heterocycles. The first-order valence-corrected chi connectivity index (χ1v) is 9.91.